The first-order valence-electron chi connectivity index (χ1n) is 12.9. The third kappa shape index (κ3) is 4.94. The summed E-state index contributed by atoms with van der Waals surface area (Å²) in [4.78, 5) is 39.8. The minimum absolute atomic E-state index is 0.0490. The topological polar surface area (TPSA) is 118 Å². The van der Waals surface area contributed by atoms with Crippen LogP contribution in [0.2, 0.25) is 0 Å². The van der Waals surface area contributed by atoms with Gasteiger partial charge in [0.1, 0.15) is 0 Å². The number of hydrogen-bond acceptors (Lipinski definition) is 6. The molecule has 2 aromatic carbocycles. The smallest absolute Gasteiger partial charge is 0.276 e. The average Bonchev–Trinajstić information content (AvgIpc) is 3.36. The van der Waals surface area contributed by atoms with E-state index in [0.29, 0.717) is 61.7 Å². The molecule has 1 unspecified atom stereocenters. The van der Waals surface area contributed by atoms with Gasteiger partial charge < -0.3 is 15.0 Å². The third-order valence-electron chi connectivity index (χ3n) is 7.00. The summed E-state index contributed by atoms with van der Waals surface area (Å²) >= 11 is 0. The number of allylic oxidation sites excluding steroid dienone is 3. The number of aromatic nitrogens is 2. The van der Waals surface area contributed by atoms with Gasteiger partial charge in [0, 0.05) is 36.1 Å². The zero-order valence-corrected chi connectivity index (χ0v) is 21.1. The third-order valence-corrected chi connectivity index (χ3v) is 7.00. The fraction of sp³-hybridized carbons (Fsp3) is 0.241. The molecule has 3 aromatic rings. The normalized spacial score (nSPS) is 18.5. The molecule has 0 bridgehead atoms. The number of carbonyl (C=O) groups is 3. The number of azo groups is 1. The number of anilines is 1. The number of nitrogens with one attached hydrogen (secondary N) is 1. The molecule has 3 aliphatic rings. The van der Waals surface area contributed by atoms with Crippen LogP contribution < -0.4 is 5.32 Å². The number of morpholine rings is 1. The Labute approximate surface area is 224 Å². The molecule has 2 aliphatic heterocycles. The van der Waals surface area contributed by atoms with Crippen molar-refractivity contribution >= 4 is 40.0 Å². The zero-order valence-electron chi connectivity index (χ0n) is 21.1. The maximum absolute atomic E-state index is 13.3. The van der Waals surface area contributed by atoms with Gasteiger partial charge in [-0.05, 0) is 23.8 Å². The molecule has 6 rings (SSSR count). The predicted molar refractivity (Wildman–Crippen MR) is 145 cm³/mol. The number of ether oxygens (including phenoxy) is 1. The number of hydrogen-bond donors (Lipinski definition) is 1. The number of fused-ring (bicyclic) bond motifs is 2. The van der Waals surface area contributed by atoms with Gasteiger partial charge in [-0.15, -0.1) is 10.2 Å². The second-order valence-electron chi connectivity index (χ2n) is 9.43. The lowest BCUT2D eigenvalue weighted by Crippen LogP contribution is -2.41. The van der Waals surface area contributed by atoms with E-state index in [1.54, 1.807) is 21.7 Å². The van der Waals surface area contributed by atoms with E-state index < -0.39 is 5.92 Å². The van der Waals surface area contributed by atoms with Crippen molar-refractivity contribution in [2.75, 3.05) is 31.6 Å². The molecule has 10 heteroatoms. The summed E-state index contributed by atoms with van der Waals surface area (Å²) in [5, 5.41) is 16.1. The van der Waals surface area contributed by atoms with Gasteiger partial charge in [-0.1, -0.05) is 54.6 Å². The maximum atomic E-state index is 13.3. The molecule has 3 amide bonds. The maximum Gasteiger partial charge on any atom is 0.276 e. The summed E-state index contributed by atoms with van der Waals surface area (Å²) in [6, 6.07) is 14.7. The number of aryl methyl sites for hydroxylation is 1. The average molecular weight is 523 g/mol. The van der Waals surface area contributed by atoms with Gasteiger partial charge in [-0.25, -0.2) is 0 Å². The van der Waals surface area contributed by atoms with Gasteiger partial charge in [0.15, 0.2) is 5.69 Å². The van der Waals surface area contributed by atoms with Crippen LogP contribution in [0.25, 0.3) is 16.6 Å². The van der Waals surface area contributed by atoms with Gasteiger partial charge in [0.2, 0.25) is 5.91 Å². The van der Waals surface area contributed by atoms with Crippen molar-refractivity contribution in [3.05, 3.63) is 89.7 Å². The highest BCUT2D eigenvalue weighted by Crippen LogP contribution is 2.34. The van der Waals surface area contributed by atoms with E-state index in [4.69, 9.17) is 4.74 Å². The van der Waals surface area contributed by atoms with Crippen LogP contribution in [0, 0.1) is 5.92 Å². The standard InChI is InChI=1S/C29H26N6O4/c36-25(34-15-17-39-18-16-34)13-14-35-24-8-4-3-7-23(24)27(33-35)29(38)30-20-11-9-19(10-12-20)26-21-5-1-2-6-22(21)28(37)32-31-26/h1-12,22H,13-18H2,(H,30,38). The second kappa shape index (κ2) is 10.6. The molecular formula is C29H26N6O4. The molecule has 0 spiro atoms. The summed E-state index contributed by atoms with van der Waals surface area (Å²) in [7, 11) is 0. The van der Waals surface area contributed by atoms with Crippen LogP contribution in [0.15, 0.2) is 88.6 Å². The Kier molecular flexibility index (Phi) is 6.68. The van der Waals surface area contributed by atoms with Gasteiger partial charge in [-0.3, -0.25) is 19.1 Å². The Morgan fingerprint density at radius 1 is 1.00 bits per heavy atom. The van der Waals surface area contributed by atoms with Crippen LogP contribution in [-0.4, -0.2) is 58.7 Å². The Balaban J connectivity index is 1.18. The molecule has 1 aliphatic carbocycles. The number of carbonyl (C=O) groups excluding carboxylic acids is 3. The lowest BCUT2D eigenvalue weighted by atomic mass is 9.89. The molecule has 0 radical (unpaired) electrons. The van der Waals surface area contributed by atoms with Crippen LogP contribution in [0.4, 0.5) is 5.69 Å². The van der Waals surface area contributed by atoms with Crippen LogP contribution in [0.5, 0.6) is 0 Å². The first-order chi connectivity index (χ1) is 19.1. The van der Waals surface area contributed by atoms with E-state index in [1.807, 2.05) is 60.7 Å². The van der Waals surface area contributed by atoms with E-state index in [-0.39, 0.29) is 17.7 Å². The molecule has 1 saturated heterocycles. The van der Waals surface area contributed by atoms with Gasteiger partial charge in [0.25, 0.3) is 11.8 Å². The van der Waals surface area contributed by atoms with Gasteiger partial charge in [0.05, 0.1) is 36.9 Å². The van der Waals surface area contributed by atoms with Crippen molar-refractivity contribution in [2.45, 2.75) is 13.0 Å². The fourth-order valence-corrected chi connectivity index (χ4v) is 4.97. The minimum atomic E-state index is -0.422. The molecule has 1 N–H and O–H groups in total. The Hall–Kier alpha value is -4.70. The van der Waals surface area contributed by atoms with E-state index in [0.717, 1.165) is 16.7 Å². The van der Waals surface area contributed by atoms with Crippen LogP contribution in [0.3, 0.4) is 0 Å². The van der Waals surface area contributed by atoms with Crippen LogP contribution in [0.1, 0.15) is 22.5 Å². The molecule has 196 valence electrons. The molecule has 10 nitrogen and oxygen atoms in total. The Morgan fingerprint density at radius 2 is 1.79 bits per heavy atom. The van der Waals surface area contributed by atoms with E-state index in [9.17, 15) is 14.4 Å². The van der Waals surface area contributed by atoms with Gasteiger partial charge in [-0.2, -0.15) is 5.10 Å². The molecule has 0 saturated carbocycles. The van der Waals surface area contributed by atoms with Gasteiger partial charge >= 0.3 is 0 Å². The van der Waals surface area contributed by atoms with Crippen molar-refractivity contribution in [1.82, 2.24) is 14.7 Å². The lowest BCUT2D eigenvalue weighted by Gasteiger charge is -2.26. The predicted octanol–water partition coefficient (Wildman–Crippen LogP) is 3.98. The Bertz CT molecular complexity index is 1570. The highest BCUT2D eigenvalue weighted by Gasteiger charge is 2.28. The van der Waals surface area contributed by atoms with E-state index in [2.05, 4.69) is 20.6 Å². The van der Waals surface area contributed by atoms with Crippen molar-refractivity contribution in [3.8, 4) is 0 Å². The second-order valence-corrected chi connectivity index (χ2v) is 9.43. The van der Waals surface area contributed by atoms with Crippen molar-refractivity contribution in [2.24, 2.45) is 16.1 Å². The number of para-hydroxylation sites is 1. The molecule has 39 heavy (non-hydrogen) atoms. The minimum Gasteiger partial charge on any atom is -0.378 e. The number of benzene rings is 2. The quantitative estimate of drug-likeness (QED) is 0.525. The summed E-state index contributed by atoms with van der Waals surface area (Å²) in [6.07, 6.45) is 7.68. The first kappa shape index (κ1) is 24.6. The van der Waals surface area contributed by atoms with Crippen molar-refractivity contribution in [1.29, 1.82) is 0 Å². The zero-order chi connectivity index (χ0) is 26.8. The molecule has 1 atom stereocenters. The Morgan fingerprint density at radius 3 is 2.62 bits per heavy atom. The van der Waals surface area contributed by atoms with Crippen molar-refractivity contribution < 1.29 is 19.1 Å². The van der Waals surface area contributed by atoms with E-state index >= 15 is 0 Å². The van der Waals surface area contributed by atoms with E-state index in [1.165, 1.54) is 0 Å². The summed E-state index contributed by atoms with van der Waals surface area (Å²) in [5.74, 6) is -1.000. The van der Waals surface area contributed by atoms with Crippen molar-refractivity contribution in [3.63, 3.8) is 0 Å². The summed E-state index contributed by atoms with van der Waals surface area (Å²) in [6.45, 7) is 2.67. The lowest BCUT2D eigenvalue weighted by molar-refractivity contribution is -0.135. The summed E-state index contributed by atoms with van der Waals surface area (Å²) < 4.78 is 7.05. The number of rotatable bonds is 6. The van der Waals surface area contributed by atoms with Crippen LogP contribution in [-0.2, 0) is 20.9 Å². The first-order valence-corrected chi connectivity index (χ1v) is 12.9. The number of amides is 3. The van der Waals surface area contributed by atoms with Crippen LogP contribution >= 0.6 is 0 Å². The monoisotopic (exact) mass is 522 g/mol. The number of nitrogens with zero attached hydrogens (tertiary/aromatic N) is 5. The molecule has 1 aromatic heterocycles. The highest BCUT2D eigenvalue weighted by atomic mass is 16.5. The molecule has 3 heterocycles. The fourth-order valence-electron chi connectivity index (χ4n) is 4.97. The summed E-state index contributed by atoms with van der Waals surface area (Å²) in [5.41, 5.74) is 3.91. The largest absolute Gasteiger partial charge is 0.378 e. The SMILES string of the molecule is O=C(Nc1ccc(C2=C3C=CC=CC3C(=O)N=N2)cc1)c1nn(CCC(=O)N2CCOCC2)c2ccccc12. The molecular weight excluding hydrogens is 496 g/mol. The molecule has 1 fully saturated rings. The highest BCUT2D eigenvalue weighted by molar-refractivity contribution is 6.11.